The molecule has 0 bridgehead atoms. The van der Waals surface area contributed by atoms with Crippen LogP contribution in [0.25, 0.3) is 0 Å². The van der Waals surface area contributed by atoms with E-state index >= 15 is 0 Å². The molecule has 0 spiro atoms. The zero-order valence-electron chi connectivity index (χ0n) is 13.8. The predicted octanol–water partition coefficient (Wildman–Crippen LogP) is 3.26. The summed E-state index contributed by atoms with van der Waals surface area (Å²) in [5, 5.41) is 5.84. The van der Waals surface area contributed by atoms with Crippen molar-refractivity contribution in [3.8, 4) is 0 Å². The Balaban J connectivity index is 1.34. The smallest absolute Gasteiger partial charge is 0.319 e. The van der Waals surface area contributed by atoms with Crippen LogP contribution in [0, 0.1) is 5.82 Å². The number of fused-ring (bicyclic) bond motifs is 1. The third-order valence-electron chi connectivity index (χ3n) is 4.70. The Kier molecular flexibility index (Phi) is 4.28. The van der Waals surface area contributed by atoms with Crippen molar-refractivity contribution in [3.05, 3.63) is 59.4 Å². The molecular formula is C19H20FN3O2. The summed E-state index contributed by atoms with van der Waals surface area (Å²) < 4.78 is 19.3. The van der Waals surface area contributed by atoms with Crippen molar-refractivity contribution in [2.75, 3.05) is 23.3 Å². The number of halogens is 1. The molecule has 0 aliphatic carbocycles. The van der Waals surface area contributed by atoms with Crippen LogP contribution in [0.15, 0.2) is 42.5 Å². The zero-order chi connectivity index (χ0) is 17.2. The molecule has 2 heterocycles. The number of ether oxygens (including phenoxy) is 1. The van der Waals surface area contributed by atoms with Crippen LogP contribution in [0.1, 0.15) is 17.5 Å². The Labute approximate surface area is 145 Å². The third kappa shape index (κ3) is 3.44. The number of hydrogen-bond donors (Lipinski definition) is 2. The molecule has 2 amide bonds. The van der Waals surface area contributed by atoms with Crippen LogP contribution in [0.3, 0.4) is 0 Å². The van der Waals surface area contributed by atoms with Crippen molar-refractivity contribution < 1.29 is 13.9 Å². The molecule has 0 radical (unpaired) electrons. The monoisotopic (exact) mass is 341 g/mol. The molecule has 1 fully saturated rings. The highest BCUT2D eigenvalue weighted by Gasteiger charge is 2.25. The van der Waals surface area contributed by atoms with E-state index in [1.165, 1.54) is 11.6 Å². The molecule has 2 aromatic rings. The number of benzene rings is 2. The molecular weight excluding hydrogens is 321 g/mol. The number of para-hydroxylation sites is 1. The summed E-state index contributed by atoms with van der Waals surface area (Å²) in [6.07, 6.45) is 0.791. The van der Waals surface area contributed by atoms with Crippen molar-refractivity contribution in [2.45, 2.75) is 25.7 Å². The fourth-order valence-corrected chi connectivity index (χ4v) is 3.41. The predicted molar refractivity (Wildman–Crippen MR) is 94.1 cm³/mol. The lowest BCUT2D eigenvalue weighted by Crippen LogP contribution is -2.39. The summed E-state index contributed by atoms with van der Waals surface area (Å²) >= 11 is 0. The van der Waals surface area contributed by atoms with Crippen LogP contribution in [0.4, 0.5) is 20.6 Å². The standard InChI is InChI=1S/C19H20FN3O2/c20-17-3-1-2-4-18(17)23-8-7-16(10-23)22-19(24)21-15-6-5-13-11-25-12-14(13)9-15/h1-6,9,16H,7-8,10-12H2,(H2,21,22,24). The van der Waals surface area contributed by atoms with E-state index in [0.29, 0.717) is 25.4 Å². The number of anilines is 2. The van der Waals surface area contributed by atoms with Crippen LogP contribution in [0.2, 0.25) is 0 Å². The van der Waals surface area contributed by atoms with Crippen molar-refractivity contribution in [1.29, 1.82) is 0 Å². The highest BCUT2D eigenvalue weighted by atomic mass is 19.1. The number of carbonyl (C=O) groups is 1. The maximum atomic E-state index is 13.9. The van der Waals surface area contributed by atoms with E-state index < -0.39 is 0 Å². The minimum Gasteiger partial charge on any atom is -0.372 e. The van der Waals surface area contributed by atoms with Crippen molar-refractivity contribution in [3.63, 3.8) is 0 Å². The first-order chi connectivity index (χ1) is 12.2. The van der Waals surface area contributed by atoms with E-state index in [1.54, 1.807) is 12.1 Å². The maximum absolute atomic E-state index is 13.9. The SMILES string of the molecule is O=C(Nc1ccc2c(c1)COC2)NC1CCN(c2ccccc2F)C1. The van der Waals surface area contributed by atoms with Crippen LogP contribution in [-0.4, -0.2) is 25.2 Å². The fourth-order valence-electron chi connectivity index (χ4n) is 3.41. The van der Waals surface area contributed by atoms with Gasteiger partial charge < -0.3 is 20.3 Å². The largest absolute Gasteiger partial charge is 0.372 e. The van der Waals surface area contributed by atoms with E-state index in [4.69, 9.17) is 4.74 Å². The minimum atomic E-state index is -0.237. The Morgan fingerprint density at radius 3 is 2.88 bits per heavy atom. The molecule has 2 aromatic carbocycles. The van der Waals surface area contributed by atoms with Gasteiger partial charge in [-0.05, 0) is 41.8 Å². The number of nitrogens with zero attached hydrogens (tertiary/aromatic N) is 1. The zero-order valence-corrected chi connectivity index (χ0v) is 13.8. The van der Waals surface area contributed by atoms with E-state index in [2.05, 4.69) is 10.6 Å². The van der Waals surface area contributed by atoms with Gasteiger partial charge in [-0.1, -0.05) is 18.2 Å². The fraction of sp³-hybridized carbons (Fsp3) is 0.316. The summed E-state index contributed by atoms with van der Waals surface area (Å²) in [6, 6.07) is 12.3. The minimum absolute atomic E-state index is 0.00244. The lowest BCUT2D eigenvalue weighted by atomic mass is 10.1. The molecule has 2 N–H and O–H groups in total. The number of rotatable bonds is 3. The normalized spacial score (nSPS) is 18.9. The summed E-state index contributed by atoms with van der Waals surface area (Å²) in [5.74, 6) is -0.229. The molecule has 4 rings (SSSR count). The summed E-state index contributed by atoms with van der Waals surface area (Å²) in [4.78, 5) is 14.2. The summed E-state index contributed by atoms with van der Waals surface area (Å²) in [6.45, 7) is 2.55. The molecule has 0 aromatic heterocycles. The number of amides is 2. The lowest BCUT2D eigenvalue weighted by molar-refractivity contribution is 0.134. The van der Waals surface area contributed by atoms with Crippen molar-refractivity contribution in [1.82, 2.24) is 5.32 Å². The molecule has 5 nitrogen and oxygen atoms in total. The van der Waals surface area contributed by atoms with Gasteiger partial charge in [0.2, 0.25) is 0 Å². The molecule has 130 valence electrons. The first kappa shape index (κ1) is 15.9. The molecule has 25 heavy (non-hydrogen) atoms. The van der Waals surface area contributed by atoms with Crippen LogP contribution >= 0.6 is 0 Å². The van der Waals surface area contributed by atoms with Gasteiger partial charge in [0.05, 0.1) is 18.9 Å². The van der Waals surface area contributed by atoms with Crippen LogP contribution in [0.5, 0.6) is 0 Å². The van der Waals surface area contributed by atoms with Gasteiger partial charge in [-0.2, -0.15) is 0 Å². The van der Waals surface area contributed by atoms with Gasteiger partial charge in [0.25, 0.3) is 0 Å². The molecule has 1 atom stereocenters. The van der Waals surface area contributed by atoms with Gasteiger partial charge in [-0.15, -0.1) is 0 Å². The second-order valence-corrected chi connectivity index (χ2v) is 6.46. The second kappa shape index (κ2) is 6.72. The molecule has 6 heteroatoms. The van der Waals surface area contributed by atoms with Gasteiger partial charge >= 0.3 is 6.03 Å². The summed E-state index contributed by atoms with van der Waals surface area (Å²) in [7, 11) is 0. The van der Waals surface area contributed by atoms with Crippen molar-refractivity contribution >= 4 is 17.4 Å². The molecule has 1 unspecified atom stereocenters. The number of carbonyl (C=O) groups excluding carboxylic acids is 1. The first-order valence-corrected chi connectivity index (χ1v) is 8.45. The van der Waals surface area contributed by atoms with E-state index in [0.717, 1.165) is 24.2 Å². The summed E-state index contributed by atoms with van der Waals surface area (Å²) in [5.41, 5.74) is 3.63. The highest BCUT2D eigenvalue weighted by molar-refractivity contribution is 5.89. The van der Waals surface area contributed by atoms with E-state index in [1.807, 2.05) is 29.2 Å². The molecule has 0 saturated carbocycles. The van der Waals surface area contributed by atoms with Gasteiger partial charge in [0, 0.05) is 24.8 Å². The van der Waals surface area contributed by atoms with E-state index in [-0.39, 0.29) is 17.9 Å². The number of urea groups is 1. The maximum Gasteiger partial charge on any atom is 0.319 e. The molecule has 1 saturated heterocycles. The average Bonchev–Trinajstić information content (AvgIpc) is 3.24. The lowest BCUT2D eigenvalue weighted by Gasteiger charge is -2.19. The average molecular weight is 341 g/mol. The number of nitrogens with one attached hydrogen (secondary N) is 2. The van der Waals surface area contributed by atoms with E-state index in [9.17, 15) is 9.18 Å². The second-order valence-electron chi connectivity index (χ2n) is 6.46. The topological polar surface area (TPSA) is 53.6 Å². The van der Waals surface area contributed by atoms with Gasteiger partial charge in [0.1, 0.15) is 5.82 Å². The molecule has 2 aliphatic rings. The van der Waals surface area contributed by atoms with Crippen LogP contribution in [-0.2, 0) is 18.0 Å². The molecule has 2 aliphatic heterocycles. The first-order valence-electron chi connectivity index (χ1n) is 8.45. The van der Waals surface area contributed by atoms with Crippen LogP contribution < -0.4 is 15.5 Å². The Morgan fingerprint density at radius 2 is 2.00 bits per heavy atom. The Bertz CT molecular complexity index is 796. The quantitative estimate of drug-likeness (QED) is 0.901. The van der Waals surface area contributed by atoms with Gasteiger partial charge in [0.15, 0.2) is 0 Å². The van der Waals surface area contributed by atoms with Gasteiger partial charge in [-0.25, -0.2) is 9.18 Å². The third-order valence-corrected chi connectivity index (χ3v) is 4.70. The van der Waals surface area contributed by atoms with Gasteiger partial charge in [-0.3, -0.25) is 0 Å². The Hall–Kier alpha value is -2.60. The number of hydrogen-bond acceptors (Lipinski definition) is 3. The van der Waals surface area contributed by atoms with Crippen molar-refractivity contribution in [2.24, 2.45) is 0 Å². The highest BCUT2D eigenvalue weighted by Crippen LogP contribution is 2.24. The Morgan fingerprint density at radius 1 is 1.16 bits per heavy atom.